The van der Waals surface area contributed by atoms with Crippen molar-refractivity contribution in [1.29, 1.82) is 0 Å². The second-order valence-corrected chi connectivity index (χ2v) is 5.34. The molecule has 1 aliphatic heterocycles. The van der Waals surface area contributed by atoms with E-state index >= 15 is 0 Å². The molecule has 6 heteroatoms. The zero-order valence-electron chi connectivity index (χ0n) is 12.7. The first-order valence-corrected chi connectivity index (χ1v) is 7.27. The lowest BCUT2D eigenvalue weighted by Crippen LogP contribution is -2.41. The monoisotopic (exact) mass is 303 g/mol. The molecule has 0 aliphatic carbocycles. The highest BCUT2D eigenvalue weighted by Gasteiger charge is 2.25. The van der Waals surface area contributed by atoms with Gasteiger partial charge in [-0.05, 0) is 38.1 Å². The Morgan fingerprint density at radius 1 is 1.18 bits per heavy atom. The fraction of sp³-hybridized carbons (Fsp3) is 0.375. The van der Waals surface area contributed by atoms with Gasteiger partial charge in [0.25, 0.3) is 5.91 Å². The third kappa shape index (κ3) is 2.62. The highest BCUT2D eigenvalue weighted by Crippen LogP contribution is 2.20. The van der Waals surface area contributed by atoms with Crippen LogP contribution >= 0.6 is 0 Å². The summed E-state index contributed by atoms with van der Waals surface area (Å²) in [5.41, 5.74) is 2.80. The van der Waals surface area contributed by atoms with Crippen LogP contribution < -0.4 is 0 Å². The molecule has 1 aromatic carbocycles. The Bertz CT molecular complexity index is 688. The molecule has 5 nitrogen and oxygen atoms in total. The average molecular weight is 303 g/mol. The predicted octanol–water partition coefficient (Wildman–Crippen LogP) is 2.10. The van der Waals surface area contributed by atoms with Crippen molar-refractivity contribution in [2.24, 2.45) is 0 Å². The van der Waals surface area contributed by atoms with Crippen molar-refractivity contribution in [3.05, 3.63) is 47.0 Å². The summed E-state index contributed by atoms with van der Waals surface area (Å²) >= 11 is 0. The lowest BCUT2D eigenvalue weighted by atomic mass is 10.1. The van der Waals surface area contributed by atoms with E-state index in [-0.39, 0.29) is 11.7 Å². The third-order valence-electron chi connectivity index (χ3n) is 3.87. The molecule has 3 rings (SSSR count). The summed E-state index contributed by atoms with van der Waals surface area (Å²) in [6.45, 7) is 6.00. The van der Waals surface area contributed by atoms with Gasteiger partial charge in [-0.25, -0.2) is 9.07 Å². The lowest BCUT2D eigenvalue weighted by Gasteiger charge is -2.26. The molecule has 1 amide bonds. The van der Waals surface area contributed by atoms with Crippen molar-refractivity contribution >= 4 is 5.91 Å². The van der Waals surface area contributed by atoms with Crippen LogP contribution in [0, 0.1) is 19.7 Å². The largest absolute Gasteiger partial charge is 0.378 e. The molecule has 2 aromatic rings. The Balaban J connectivity index is 1.96. The maximum Gasteiger partial charge on any atom is 0.257 e. The van der Waals surface area contributed by atoms with E-state index in [0.29, 0.717) is 37.6 Å². The van der Waals surface area contributed by atoms with Crippen molar-refractivity contribution in [2.45, 2.75) is 13.8 Å². The van der Waals surface area contributed by atoms with Gasteiger partial charge < -0.3 is 9.64 Å². The van der Waals surface area contributed by atoms with Crippen LogP contribution in [0.25, 0.3) is 5.69 Å². The number of benzene rings is 1. The van der Waals surface area contributed by atoms with Gasteiger partial charge in [-0.3, -0.25) is 4.79 Å². The number of ether oxygens (including phenoxy) is 1. The molecule has 0 spiro atoms. The number of rotatable bonds is 2. The minimum Gasteiger partial charge on any atom is -0.378 e. The minimum atomic E-state index is -0.296. The zero-order valence-corrected chi connectivity index (χ0v) is 12.7. The zero-order chi connectivity index (χ0) is 15.7. The molecule has 0 atom stereocenters. The van der Waals surface area contributed by atoms with Crippen LogP contribution in [0.4, 0.5) is 4.39 Å². The number of carbonyl (C=O) groups is 1. The van der Waals surface area contributed by atoms with Crippen LogP contribution in [-0.4, -0.2) is 46.9 Å². The molecule has 2 heterocycles. The van der Waals surface area contributed by atoms with Gasteiger partial charge in [0.15, 0.2) is 0 Å². The number of carbonyl (C=O) groups excluding carboxylic acids is 1. The summed E-state index contributed by atoms with van der Waals surface area (Å²) in [5.74, 6) is -0.318. The fourth-order valence-corrected chi connectivity index (χ4v) is 2.71. The first kappa shape index (κ1) is 14.7. The van der Waals surface area contributed by atoms with E-state index in [1.165, 1.54) is 12.1 Å². The Hall–Kier alpha value is -2.21. The summed E-state index contributed by atoms with van der Waals surface area (Å²) in [7, 11) is 0. The number of amides is 1. The molecule has 0 unspecified atom stereocenters. The van der Waals surface area contributed by atoms with Crippen LogP contribution in [0.3, 0.4) is 0 Å². The fourth-order valence-electron chi connectivity index (χ4n) is 2.71. The van der Waals surface area contributed by atoms with Crippen molar-refractivity contribution in [3.63, 3.8) is 0 Å². The van der Waals surface area contributed by atoms with E-state index < -0.39 is 0 Å². The van der Waals surface area contributed by atoms with Crippen molar-refractivity contribution < 1.29 is 13.9 Å². The number of hydrogen-bond acceptors (Lipinski definition) is 3. The topological polar surface area (TPSA) is 47.4 Å². The predicted molar refractivity (Wildman–Crippen MR) is 79.7 cm³/mol. The van der Waals surface area contributed by atoms with Crippen LogP contribution in [-0.2, 0) is 4.74 Å². The van der Waals surface area contributed by atoms with Gasteiger partial charge in [0.1, 0.15) is 5.82 Å². The van der Waals surface area contributed by atoms with E-state index in [1.54, 1.807) is 21.7 Å². The SMILES string of the molecule is Cc1nn(-c2ccc(F)cc2)c(C)c1C(=O)N1CCOCC1. The van der Waals surface area contributed by atoms with Gasteiger partial charge >= 0.3 is 0 Å². The molecular weight excluding hydrogens is 285 g/mol. The van der Waals surface area contributed by atoms with Gasteiger partial charge in [0, 0.05) is 13.1 Å². The average Bonchev–Trinajstić information content (AvgIpc) is 2.83. The highest BCUT2D eigenvalue weighted by molar-refractivity contribution is 5.96. The Morgan fingerprint density at radius 2 is 1.82 bits per heavy atom. The Labute approximate surface area is 128 Å². The smallest absolute Gasteiger partial charge is 0.257 e. The molecule has 116 valence electrons. The Kier molecular flexibility index (Phi) is 3.94. The highest BCUT2D eigenvalue weighted by atomic mass is 19.1. The van der Waals surface area contributed by atoms with E-state index in [9.17, 15) is 9.18 Å². The molecule has 0 bridgehead atoms. The summed E-state index contributed by atoms with van der Waals surface area (Å²) < 4.78 is 20.0. The summed E-state index contributed by atoms with van der Waals surface area (Å²) in [6, 6.07) is 6.07. The van der Waals surface area contributed by atoms with E-state index in [1.807, 2.05) is 13.8 Å². The van der Waals surface area contributed by atoms with E-state index in [4.69, 9.17) is 4.74 Å². The van der Waals surface area contributed by atoms with Gasteiger partial charge in [0.05, 0.1) is 35.9 Å². The second-order valence-electron chi connectivity index (χ2n) is 5.34. The first-order chi connectivity index (χ1) is 10.6. The molecule has 0 radical (unpaired) electrons. The van der Waals surface area contributed by atoms with Crippen molar-refractivity contribution in [1.82, 2.24) is 14.7 Å². The van der Waals surface area contributed by atoms with E-state index in [0.717, 1.165) is 11.4 Å². The molecule has 1 aliphatic rings. The van der Waals surface area contributed by atoms with Gasteiger partial charge in [-0.2, -0.15) is 5.10 Å². The number of aromatic nitrogens is 2. The molecular formula is C16H18FN3O2. The third-order valence-corrected chi connectivity index (χ3v) is 3.87. The van der Waals surface area contributed by atoms with Crippen LogP contribution in [0.5, 0.6) is 0 Å². The summed E-state index contributed by atoms with van der Waals surface area (Å²) in [5, 5.41) is 4.44. The molecule has 1 aromatic heterocycles. The number of morpholine rings is 1. The quantitative estimate of drug-likeness (QED) is 0.853. The summed E-state index contributed by atoms with van der Waals surface area (Å²) in [4.78, 5) is 14.5. The van der Waals surface area contributed by atoms with Crippen molar-refractivity contribution in [2.75, 3.05) is 26.3 Å². The number of nitrogens with zero attached hydrogens (tertiary/aromatic N) is 3. The molecule has 22 heavy (non-hydrogen) atoms. The van der Waals surface area contributed by atoms with Crippen LogP contribution in [0.15, 0.2) is 24.3 Å². The van der Waals surface area contributed by atoms with Crippen molar-refractivity contribution in [3.8, 4) is 5.69 Å². The first-order valence-electron chi connectivity index (χ1n) is 7.27. The standard InChI is InChI=1S/C16H18FN3O2/c1-11-15(16(21)19-7-9-22-10-8-19)12(2)20(18-11)14-5-3-13(17)4-6-14/h3-6H,7-10H2,1-2H3. The summed E-state index contributed by atoms with van der Waals surface area (Å²) in [6.07, 6.45) is 0. The molecule has 0 N–H and O–H groups in total. The van der Waals surface area contributed by atoms with Crippen LogP contribution in [0.2, 0.25) is 0 Å². The normalized spacial score (nSPS) is 15.1. The molecule has 0 saturated carbocycles. The number of hydrogen-bond donors (Lipinski definition) is 0. The van der Waals surface area contributed by atoms with Gasteiger partial charge in [0.2, 0.25) is 0 Å². The Morgan fingerprint density at radius 3 is 2.45 bits per heavy atom. The maximum absolute atomic E-state index is 13.1. The second kappa shape index (κ2) is 5.88. The molecule has 1 fully saturated rings. The lowest BCUT2D eigenvalue weighted by molar-refractivity contribution is 0.0302. The van der Waals surface area contributed by atoms with Crippen LogP contribution in [0.1, 0.15) is 21.7 Å². The number of halogens is 1. The van der Waals surface area contributed by atoms with Gasteiger partial charge in [-0.15, -0.1) is 0 Å². The number of aryl methyl sites for hydroxylation is 1. The minimum absolute atomic E-state index is 0.0216. The van der Waals surface area contributed by atoms with Gasteiger partial charge in [-0.1, -0.05) is 0 Å². The van der Waals surface area contributed by atoms with E-state index in [2.05, 4.69) is 5.10 Å². The maximum atomic E-state index is 13.1. The molecule has 1 saturated heterocycles.